The molecule has 0 radical (unpaired) electrons. The van der Waals surface area contributed by atoms with Crippen LogP contribution in [0.15, 0.2) is 18.2 Å². The van der Waals surface area contributed by atoms with Crippen molar-refractivity contribution in [1.82, 2.24) is 4.90 Å². The van der Waals surface area contributed by atoms with Crippen LogP contribution in [-0.2, 0) is 4.79 Å². The van der Waals surface area contributed by atoms with E-state index in [2.05, 4.69) is 13.0 Å². The van der Waals surface area contributed by atoms with Gasteiger partial charge in [0.2, 0.25) is 5.91 Å². The third-order valence-electron chi connectivity index (χ3n) is 4.55. The van der Waals surface area contributed by atoms with Gasteiger partial charge in [-0.15, -0.1) is 0 Å². The SMILES string of the molecule is Cc1cccc(OCC(C)(C)C(=O)N2CCC(N)CC2)c1C. The Bertz CT molecular complexity index is 532. The number of piperidine rings is 1. The zero-order valence-corrected chi connectivity index (χ0v) is 14.2. The number of hydrogen-bond donors (Lipinski definition) is 1. The highest BCUT2D eigenvalue weighted by atomic mass is 16.5. The molecule has 1 amide bonds. The zero-order valence-electron chi connectivity index (χ0n) is 14.2. The number of nitrogens with zero attached hydrogens (tertiary/aromatic N) is 1. The highest BCUT2D eigenvalue weighted by Gasteiger charge is 2.34. The molecule has 4 heteroatoms. The molecule has 1 saturated heterocycles. The topological polar surface area (TPSA) is 55.6 Å². The number of rotatable bonds is 4. The van der Waals surface area contributed by atoms with Gasteiger partial charge in [0.1, 0.15) is 12.4 Å². The van der Waals surface area contributed by atoms with Crippen molar-refractivity contribution in [3.05, 3.63) is 29.3 Å². The Morgan fingerprint density at radius 3 is 2.59 bits per heavy atom. The van der Waals surface area contributed by atoms with E-state index in [0.717, 1.165) is 37.2 Å². The summed E-state index contributed by atoms with van der Waals surface area (Å²) in [5.74, 6) is 1.02. The summed E-state index contributed by atoms with van der Waals surface area (Å²) in [7, 11) is 0. The van der Waals surface area contributed by atoms with Gasteiger partial charge >= 0.3 is 0 Å². The molecule has 0 aromatic heterocycles. The summed E-state index contributed by atoms with van der Waals surface area (Å²) in [6.45, 7) is 9.92. The van der Waals surface area contributed by atoms with E-state index in [0.29, 0.717) is 6.61 Å². The van der Waals surface area contributed by atoms with Gasteiger partial charge in [0.25, 0.3) is 0 Å². The van der Waals surface area contributed by atoms with Gasteiger partial charge in [0.05, 0.1) is 5.41 Å². The van der Waals surface area contributed by atoms with Gasteiger partial charge in [0, 0.05) is 19.1 Å². The first-order chi connectivity index (χ1) is 10.3. The average Bonchev–Trinajstić information content (AvgIpc) is 2.49. The number of benzene rings is 1. The summed E-state index contributed by atoms with van der Waals surface area (Å²) in [5, 5.41) is 0. The van der Waals surface area contributed by atoms with E-state index < -0.39 is 5.41 Å². The molecule has 0 aliphatic carbocycles. The van der Waals surface area contributed by atoms with Crippen LogP contribution in [0.4, 0.5) is 0 Å². The van der Waals surface area contributed by atoms with Crippen LogP contribution in [0.1, 0.15) is 37.8 Å². The number of likely N-dealkylation sites (tertiary alicyclic amines) is 1. The average molecular weight is 304 g/mol. The fourth-order valence-corrected chi connectivity index (χ4v) is 2.73. The predicted octanol–water partition coefficient (Wildman–Crippen LogP) is 2.66. The fourth-order valence-electron chi connectivity index (χ4n) is 2.73. The maximum Gasteiger partial charge on any atom is 0.231 e. The smallest absolute Gasteiger partial charge is 0.231 e. The molecular formula is C18H28N2O2. The molecule has 22 heavy (non-hydrogen) atoms. The first-order valence-corrected chi connectivity index (χ1v) is 8.05. The predicted molar refractivity (Wildman–Crippen MR) is 89.0 cm³/mol. The molecule has 1 aliphatic rings. The molecule has 0 atom stereocenters. The van der Waals surface area contributed by atoms with Crippen LogP contribution in [0, 0.1) is 19.3 Å². The molecule has 2 N–H and O–H groups in total. The lowest BCUT2D eigenvalue weighted by molar-refractivity contribution is -0.143. The summed E-state index contributed by atoms with van der Waals surface area (Å²) in [5.41, 5.74) is 7.71. The van der Waals surface area contributed by atoms with E-state index in [4.69, 9.17) is 10.5 Å². The van der Waals surface area contributed by atoms with Crippen molar-refractivity contribution >= 4 is 5.91 Å². The first-order valence-electron chi connectivity index (χ1n) is 8.05. The molecule has 1 aliphatic heterocycles. The van der Waals surface area contributed by atoms with Crippen LogP contribution >= 0.6 is 0 Å². The van der Waals surface area contributed by atoms with E-state index >= 15 is 0 Å². The third kappa shape index (κ3) is 3.80. The van der Waals surface area contributed by atoms with Crippen LogP contribution in [0.5, 0.6) is 5.75 Å². The van der Waals surface area contributed by atoms with Crippen molar-refractivity contribution in [2.75, 3.05) is 19.7 Å². The first kappa shape index (κ1) is 16.8. The van der Waals surface area contributed by atoms with E-state index in [1.807, 2.05) is 37.8 Å². The molecule has 2 rings (SSSR count). The molecular weight excluding hydrogens is 276 g/mol. The second kappa shape index (κ2) is 6.69. The monoisotopic (exact) mass is 304 g/mol. The standard InChI is InChI=1S/C18H28N2O2/c1-13-6-5-7-16(14(13)2)22-12-18(3,4)17(21)20-10-8-15(19)9-11-20/h5-7,15H,8-12,19H2,1-4H3. The summed E-state index contributed by atoms with van der Waals surface area (Å²) in [6, 6.07) is 6.25. The Labute approximate surface area is 133 Å². The van der Waals surface area contributed by atoms with Crippen LogP contribution < -0.4 is 10.5 Å². The quantitative estimate of drug-likeness (QED) is 0.930. The number of ether oxygens (including phenoxy) is 1. The molecule has 1 aromatic carbocycles. The molecule has 0 saturated carbocycles. The third-order valence-corrected chi connectivity index (χ3v) is 4.55. The van der Waals surface area contributed by atoms with Crippen molar-refractivity contribution in [2.24, 2.45) is 11.1 Å². The van der Waals surface area contributed by atoms with Gasteiger partial charge in [-0.05, 0) is 57.7 Å². The van der Waals surface area contributed by atoms with Gasteiger partial charge in [-0.2, -0.15) is 0 Å². The number of amides is 1. The van der Waals surface area contributed by atoms with Crippen molar-refractivity contribution in [1.29, 1.82) is 0 Å². The van der Waals surface area contributed by atoms with E-state index in [-0.39, 0.29) is 11.9 Å². The maximum atomic E-state index is 12.7. The minimum absolute atomic E-state index is 0.157. The minimum Gasteiger partial charge on any atom is -0.492 e. The van der Waals surface area contributed by atoms with Crippen molar-refractivity contribution < 1.29 is 9.53 Å². The molecule has 1 aromatic rings. The zero-order chi connectivity index (χ0) is 16.3. The molecule has 4 nitrogen and oxygen atoms in total. The van der Waals surface area contributed by atoms with Crippen molar-refractivity contribution in [3.8, 4) is 5.75 Å². The van der Waals surface area contributed by atoms with E-state index in [1.54, 1.807) is 0 Å². The second-order valence-electron chi connectivity index (χ2n) is 7.00. The molecule has 122 valence electrons. The lowest BCUT2D eigenvalue weighted by atomic mass is 9.91. The van der Waals surface area contributed by atoms with Crippen LogP contribution in [0.2, 0.25) is 0 Å². The van der Waals surface area contributed by atoms with Gasteiger partial charge < -0.3 is 15.4 Å². The lowest BCUT2D eigenvalue weighted by Gasteiger charge is -2.36. The normalized spacial score (nSPS) is 16.7. The number of nitrogens with two attached hydrogens (primary N) is 1. The Morgan fingerprint density at radius 2 is 1.95 bits per heavy atom. The molecule has 0 spiro atoms. The summed E-state index contributed by atoms with van der Waals surface area (Å²) in [6.07, 6.45) is 1.78. The Hall–Kier alpha value is -1.55. The second-order valence-corrected chi connectivity index (χ2v) is 7.00. The molecule has 0 unspecified atom stereocenters. The highest BCUT2D eigenvalue weighted by Crippen LogP contribution is 2.26. The van der Waals surface area contributed by atoms with Crippen LogP contribution in [-0.4, -0.2) is 36.5 Å². The number of hydrogen-bond acceptors (Lipinski definition) is 3. The van der Waals surface area contributed by atoms with Gasteiger partial charge in [-0.1, -0.05) is 12.1 Å². The van der Waals surface area contributed by atoms with Crippen LogP contribution in [0.3, 0.4) is 0 Å². The Balaban J connectivity index is 1.98. The van der Waals surface area contributed by atoms with Gasteiger partial charge in [-0.25, -0.2) is 0 Å². The fraction of sp³-hybridized carbons (Fsp3) is 0.611. The van der Waals surface area contributed by atoms with Crippen LogP contribution in [0.25, 0.3) is 0 Å². The Morgan fingerprint density at radius 1 is 1.32 bits per heavy atom. The van der Waals surface area contributed by atoms with Gasteiger partial charge in [-0.3, -0.25) is 4.79 Å². The minimum atomic E-state index is -0.530. The summed E-state index contributed by atoms with van der Waals surface area (Å²) < 4.78 is 5.94. The summed E-state index contributed by atoms with van der Waals surface area (Å²) >= 11 is 0. The molecule has 0 bridgehead atoms. The number of aryl methyl sites for hydroxylation is 1. The largest absolute Gasteiger partial charge is 0.492 e. The maximum absolute atomic E-state index is 12.7. The highest BCUT2D eigenvalue weighted by molar-refractivity contribution is 5.82. The van der Waals surface area contributed by atoms with Crippen molar-refractivity contribution in [3.63, 3.8) is 0 Å². The van der Waals surface area contributed by atoms with E-state index in [1.165, 1.54) is 5.56 Å². The Kier molecular flexibility index (Phi) is 5.12. The number of carbonyl (C=O) groups excluding carboxylic acids is 1. The number of carbonyl (C=O) groups is 1. The summed E-state index contributed by atoms with van der Waals surface area (Å²) in [4.78, 5) is 14.6. The van der Waals surface area contributed by atoms with Gasteiger partial charge in [0.15, 0.2) is 0 Å². The van der Waals surface area contributed by atoms with Crippen molar-refractivity contribution in [2.45, 2.75) is 46.6 Å². The molecule has 1 fully saturated rings. The molecule has 1 heterocycles. The lowest BCUT2D eigenvalue weighted by Crippen LogP contribution is -2.49. The van der Waals surface area contributed by atoms with E-state index in [9.17, 15) is 4.79 Å².